The van der Waals surface area contributed by atoms with Crippen LogP contribution in [0.5, 0.6) is 0 Å². The van der Waals surface area contributed by atoms with E-state index in [4.69, 9.17) is 4.74 Å². The Kier molecular flexibility index (Phi) is 5.60. The van der Waals surface area contributed by atoms with E-state index in [-0.39, 0.29) is 12.5 Å². The number of amides is 1. The molecule has 0 saturated carbocycles. The van der Waals surface area contributed by atoms with Crippen molar-refractivity contribution in [1.82, 2.24) is 15.1 Å². The van der Waals surface area contributed by atoms with Crippen molar-refractivity contribution in [3.05, 3.63) is 0 Å². The molecule has 0 atom stereocenters. The zero-order valence-electron chi connectivity index (χ0n) is 9.66. The van der Waals surface area contributed by atoms with Gasteiger partial charge in [-0.25, -0.2) is 0 Å². The number of carbonyl (C=O) groups is 1. The second-order valence-electron chi connectivity index (χ2n) is 3.93. The van der Waals surface area contributed by atoms with Crippen LogP contribution in [-0.4, -0.2) is 75.7 Å². The van der Waals surface area contributed by atoms with Crippen LogP contribution in [-0.2, 0) is 9.53 Å². The molecule has 5 heteroatoms. The first-order valence-corrected chi connectivity index (χ1v) is 5.39. The highest BCUT2D eigenvalue weighted by atomic mass is 16.5. The molecule has 5 nitrogen and oxygen atoms in total. The molecule has 0 radical (unpaired) electrons. The van der Waals surface area contributed by atoms with Gasteiger partial charge in [0.15, 0.2) is 0 Å². The van der Waals surface area contributed by atoms with Crippen LogP contribution in [0.4, 0.5) is 0 Å². The highest BCUT2D eigenvalue weighted by molar-refractivity contribution is 5.77. The first-order chi connectivity index (χ1) is 7.22. The van der Waals surface area contributed by atoms with Crippen LogP contribution < -0.4 is 5.32 Å². The number of rotatable bonds is 5. The fourth-order valence-electron chi connectivity index (χ4n) is 1.61. The normalized spacial score (nSPS) is 19.1. The fourth-order valence-corrected chi connectivity index (χ4v) is 1.61. The molecular formula is C10H21N3O2. The summed E-state index contributed by atoms with van der Waals surface area (Å²) in [6, 6.07) is 0. The third-order valence-corrected chi connectivity index (χ3v) is 2.62. The van der Waals surface area contributed by atoms with Crippen LogP contribution in [0.2, 0.25) is 0 Å². The number of hydrogen-bond acceptors (Lipinski definition) is 4. The Morgan fingerprint density at radius 1 is 1.33 bits per heavy atom. The Bertz CT molecular complexity index is 191. The van der Waals surface area contributed by atoms with E-state index in [0.717, 1.165) is 32.7 Å². The topological polar surface area (TPSA) is 44.8 Å². The van der Waals surface area contributed by atoms with E-state index in [9.17, 15) is 4.79 Å². The zero-order valence-corrected chi connectivity index (χ0v) is 9.66. The smallest absolute Gasteiger partial charge is 0.246 e. The number of methoxy groups -OCH3 is 1. The van der Waals surface area contributed by atoms with Gasteiger partial charge in [-0.1, -0.05) is 0 Å². The molecule has 0 aromatic carbocycles. The summed E-state index contributed by atoms with van der Waals surface area (Å²) in [5, 5.41) is 2.82. The summed E-state index contributed by atoms with van der Waals surface area (Å²) in [5.41, 5.74) is 0. The van der Waals surface area contributed by atoms with Gasteiger partial charge in [-0.2, -0.15) is 0 Å². The van der Waals surface area contributed by atoms with Gasteiger partial charge < -0.3 is 15.0 Å². The van der Waals surface area contributed by atoms with Crippen molar-refractivity contribution in [2.24, 2.45) is 0 Å². The Hall–Kier alpha value is -0.650. The van der Waals surface area contributed by atoms with E-state index in [0.29, 0.717) is 6.54 Å². The molecule has 1 heterocycles. The fraction of sp³-hybridized carbons (Fsp3) is 0.900. The average Bonchev–Trinajstić information content (AvgIpc) is 2.21. The molecule has 1 aliphatic heterocycles. The lowest BCUT2D eigenvalue weighted by atomic mass is 10.3. The Morgan fingerprint density at radius 2 is 2.00 bits per heavy atom. The summed E-state index contributed by atoms with van der Waals surface area (Å²) in [6.45, 7) is 6.23. The minimum Gasteiger partial charge on any atom is -0.375 e. The van der Waals surface area contributed by atoms with Crippen molar-refractivity contribution in [1.29, 1.82) is 0 Å². The molecule has 1 amide bonds. The van der Waals surface area contributed by atoms with Gasteiger partial charge in [0, 0.05) is 46.4 Å². The van der Waals surface area contributed by atoms with Crippen molar-refractivity contribution in [3.63, 3.8) is 0 Å². The Labute approximate surface area is 91.4 Å². The molecular weight excluding hydrogens is 194 g/mol. The monoisotopic (exact) mass is 215 g/mol. The van der Waals surface area contributed by atoms with E-state index in [1.807, 2.05) is 0 Å². The summed E-state index contributed by atoms with van der Waals surface area (Å²) in [6.07, 6.45) is 0. The molecule has 1 fully saturated rings. The largest absolute Gasteiger partial charge is 0.375 e. The molecule has 88 valence electrons. The summed E-state index contributed by atoms with van der Waals surface area (Å²) in [4.78, 5) is 15.8. The van der Waals surface area contributed by atoms with Gasteiger partial charge in [-0.05, 0) is 7.05 Å². The van der Waals surface area contributed by atoms with Crippen LogP contribution in [0.15, 0.2) is 0 Å². The molecule has 1 N–H and O–H groups in total. The van der Waals surface area contributed by atoms with E-state index < -0.39 is 0 Å². The molecule has 0 aromatic heterocycles. The molecule has 0 unspecified atom stereocenters. The first-order valence-electron chi connectivity index (χ1n) is 5.39. The maximum Gasteiger partial charge on any atom is 0.246 e. The highest BCUT2D eigenvalue weighted by Crippen LogP contribution is 1.97. The summed E-state index contributed by atoms with van der Waals surface area (Å²) in [7, 11) is 3.66. The number of piperazine rings is 1. The van der Waals surface area contributed by atoms with E-state index >= 15 is 0 Å². The lowest BCUT2D eigenvalue weighted by molar-refractivity contribution is -0.124. The number of carbonyl (C=O) groups excluding carboxylic acids is 1. The molecule has 1 saturated heterocycles. The quantitative estimate of drug-likeness (QED) is 0.639. The maximum absolute atomic E-state index is 11.1. The maximum atomic E-state index is 11.1. The molecule has 0 spiro atoms. The van der Waals surface area contributed by atoms with Gasteiger partial charge in [0.2, 0.25) is 5.91 Å². The Balaban J connectivity index is 2.02. The molecule has 15 heavy (non-hydrogen) atoms. The average molecular weight is 215 g/mol. The minimum atomic E-state index is -0.0355. The predicted octanol–water partition coefficient (Wildman–Crippen LogP) is -1.00. The van der Waals surface area contributed by atoms with Crippen LogP contribution in [0.3, 0.4) is 0 Å². The standard InChI is InChI=1S/C10H21N3O2/c1-12-5-7-13(8-6-12)4-3-11-10(14)9-15-2/h3-9H2,1-2H3,(H,11,14). The van der Waals surface area contributed by atoms with Crippen LogP contribution >= 0.6 is 0 Å². The van der Waals surface area contributed by atoms with Gasteiger partial charge in [-0.15, -0.1) is 0 Å². The minimum absolute atomic E-state index is 0.0355. The third kappa shape index (κ3) is 5.11. The van der Waals surface area contributed by atoms with Crippen molar-refractivity contribution >= 4 is 5.91 Å². The summed E-state index contributed by atoms with van der Waals surface area (Å²) >= 11 is 0. The van der Waals surface area contributed by atoms with Crippen molar-refractivity contribution in [2.45, 2.75) is 0 Å². The van der Waals surface area contributed by atoms with Gasteiger partial charge in [0.1, 0.15) is 6.61 Å². The number of nitrogens with zero attached hydrogens (tertiary/aromatic N) is 2. The molecule has 0 aromatic rings. The molecule has 0 bridgehead atoms. The van der Waals surface area contributed by atoms with Crippen molar-refractivity contribution in [2.75, 3.05) is 60.0 Å². The van der Waals surface area contributed by atoms with Gasteiger partial charge >= 0.3 is 0 Å². The summed E-state index contributed by atoms with van der Waals surface area (Å²) < 4.78 is 4.73. The zero-order chi connectivity index (χ0) is 11.1. The third-order valence-electron chi connectivity index (χ3n) is 2.62. The van der Waals surface area contributed by atoms with Crippen molar-refractivity contribution < 1.29 is 9.53 Å². The van der Waals surface area contributed by atoms with E-state index in [2.05, 4.69) is 22.2 Å². The van der Waals surface area contributed by atoms with E-state index in [1.54, 1.807) is 0 Å². The van der Waals surface area contributed by atoms with Crippen molar-refractivity contribution in [3.8, 4) is 0 Å². The lowest BCUT2D eigenvalue weighted by Crippen LogP contribution is -2.47. The lowest BCUT2D eigenvalue weighted by Gasteiger charge is -2.32. The van der Waals surface area contributed by atoms with Crippen LogP contribution in [0.25, 0.3) is 0 Å². The summed E-state index contributed by atoms with van der Waals surface area (Å²) in [5.74, 6) is -0.0355. The van der Waals surface area contributed by atoms with E-state index in [1.165, 1.54) is 7.11 Å². The Morgan fingerprint density at radius 3 is 2.60 bits per heavy atom. The first kappa shape index (κ1) is 12.4. The SMILES string of the molecule is COCC(=O)NCCN1CCN(C)CC1. The second-order valence-corrected chi connectivity index (χ2v) is 3.93. The predicted molar refractivity (Wildman–Crippen MR) is 58.8 cm³/mol. The molecule has 0 aliphatic carbocycles. The molecule has 1 aliphatic rings. The second kappa shape index (κ2) is 6.76. The van der Waals surface area contributed by atoms with Gasteiger partial charge in [0.05, 0.1) is 0 Å². The number of hydrogen-bond donors (Lipinski definition) is 1. The van der Waals surface area contributed by atoms with Gasteiger partial charge in [-0.3, -0.25) is 9.69 Å². The highest BCUT2D eigenvalue weighted by Gasteiger charge is 2.12. The number of ether oxygens (including phenoxy) is 1. The number of nitrogens with one attached hydrogen (secondary N) is 1. The van der Waals surface area contributed by atoms with Crippen LogP contribution in [0.1, 0.15) is 0 Å². The van der Waals surface area contributed by atoms with Crippen LogP contribution in [0, 0.1) is 0 Å². The molecule has 1 rings (SSSR count). The van der Waals surface area contributed by atoms with Gasteiger partial charge in [0.25, 0.3) is 0 Å². The number of likely N-dealkylation sites (N-methyl/N-ethyl adjacent to an activating group) is 1.